The molecule has 0 radical (unpaired) electrons. The van der Waals surface area contributed by atoms with Crippen LogP contribution >= 0.6 is 24.0 Å². The number of aryl methyl sites for hydroxylation is 1. The van der Waals surface area contributed by atoms with Gasteiger partial charge in [0, 0.05) is 31.4 Å². The van der Waals surface area contributed by atoms with Gasteiger partial charge in [-0.1, -0.05) is 11.6 Å². The highest BCUT2D eigenvalue weighted by molar-refractivity contribution is 6.30. The van der Waals surface area contributed by atoms with Crippen LogP contribution in [-0.2, 0) is 0 Å². The number of aromatic nitrogens is 2. The lowest BCUT2D eigenvalue weighted by molar-refractivity contribution is 0.441. The maximum Gasteiger partial charge on any atom is 0.226 e. The molecule has 1 saturated heterocycles. The maximum absolute atomic E-state index is 6.00. The van der Waals surface area contributed by atoms with Crippen LogP contribution < -0.4 is 10.2 Å². The molecule has 2 heterocycles. The van der Waals surface area contributed by atoms with Crippen molar-refractivity contribution in [3.8, 4) is 0 Å². The SMILES string of the molecule is Cc1cnc(N(C)[C@@H]2CCCNC2)nc1Cl.Cl. The van der Waals surface area contributed by atoms with Crippen LogP contribution in [0.4, 0.5) is 5.95 Å². The van der Waals surface area contributed by atoms with Crippen LogP contribution in [0.15, 0.2) is 6.20 Å². The normalized spacial score (nSPS) is 19.6. The van der Waals surface area contributed by atoms with Gasteiger partial charge in [0.1, 0.15) is 5.15 Å². The Kier molecular flexibility index (Phi) is 5.43. The van der Waals surface area contributed by atoms with E-state index in [1.807, 2.05) is 14.0 Å². The number of nitrogens with one attached hydrogen (secondary N) is 1. The van der Waals surface area contributed by atoms with Gasteiger partial charge in [0.25, 0.3) is 0 Å². The standard InChI is InChI=1S/C11H17ClN4.ClH/c1-8-6-14-11(15-10(8)12)16(2)9-4-3-5-13-7-9;/h6,9,13H,3-5,7H2,1-2H3;1H/t9-;/m1./s1. The Morgan fingerprint density at radius 1 is 1.53 bits per heavy atom. The average molecular weight is 277 g/mol. The molecule has 2 rings (SSSR count). The molecule has 17 heavy (non-hydrogen) atoms. The molecule has 1 aromatic rings. The molecule has 0 amide bonds. The molecule has 4 nitrogen and oxygen atoms in total. The molecule has 0 saturated carbocycles. The molecule has 1 N–H and O–H groups in total. The number of hydrogen-bond acceptors (Lipinski definition) is 4. The zero-order chi connectivity index (χ0) is 11.5. The third-order valence-corrected chi connectivity index (χ3v) is 3.41. The van der Waals surface area contributed by atoms with E-state index in [0.29, 0.717) is 17.1 Å². The van der Waals surface area contributed by atoms with Gasteiger partial charge in [-0.25, -0.2) is 9.97 Å². The van der Waals surface area contributed by atoms with Crippen molar-refractivity contribution >= 4 is 30.0 Å². The van der Waals surface area contributed by atoms with Gasteiger partial charge in [0.15, 0.2) is 0 Å². The Morgan fingerprint density at radius 2 is 2.29 bits per heavy atom. The fraction of sp³-hybridized carbons (Fsp3) is 0.636. The summed E-state index contributed by atoms with van der Waals surface area (Å²) >= 11 is 6.00. The van der Waals surface area contributed by atoms with Gasteiger partial charge < -0.3 is 10.2 Å². The fourth-order valence-corrected chi connectivity index (χ4v) is 2.03. The van der Waals surface area contributed by atoms with Crippen molar-refractivity contribution in [3.05, 3.63) is 16.9 Å². The molecule has 6 heteroatoms. The molecule has 0 bridgehead atoms. The third-order valence-electron chi connectivity index (χ3n) is 3.03. The van der Waals surface area contributed by atoms with E-state index in [1.165, 1.54) is 12.8 Å². The van der Waals surface area contributed by atoms with E-state index in [9.17, 15) is 0 Å². The van der Waals surface area contributed by atoms with Crippen LogP contribution in [0.3, 0.4) is 0 Å². The number of anilines is 1. The first-order chi connectivity index (χ1) is 7.68. The lowest BCUT2D eigenvalue weighted by Gasteiger charge is -2.31. The molecule has 1 aliphatic heterocycles. The Bertz CT molecular complexity index is 366. The molecule has 0 aliphatic carbocycles. The highest BCUT2D eigenvalue weighted by atomic mass is 35.5. The second-order valence-corrected chi connectivity index (χ2v) is 4.61. The number of rotatable bonds is 2. The van der Waals surface area contributed by atoms with E-state index in [1.54, 1.807) is 6.20 Å². The van der Waals surface area contributed by atoms with Gasteiger partial charge in [0.2, 0.25) is 5.95 Å². The first kappa shape index (κ1) is 14.5. The zero-order valence-corrected chi connectivity index (χ0v) is 11.7. The summed E-state index contributed by atoms with van der Waals surface area (Å²) in [6.45, 7) is 4.01. The van der Waals surface area contributed by atoms with Crippen molar-refractivity contribution < 1.29 is 0 Å². The zero-order valence-electron chi connectivity index (χ0n) is 10.1. The topological polar surface area (TPSA) is 41.1 Å². The van der Waals surface area contributed by atoms with Gasteiger partial charge in [-0.15, -0.1) is 12.4 Å². The molecular formula is C11H18Cl2N4. The van der Waals surface area contributed by atoms with Crippen LogP contribution in [0, 0.1) is 6.92 Å². The molecule has 1 aliphatic rings. The van der Waals surface area contributed by atoms with Crippen molar-refractivity contribution in [1.82, 2.24) is 15.3 Å². The van der Waals surface area contributed by atoms with E-state index >= 15 is 0 Å². The molecule has 1 fully saturated rings. The summed E-state index contributed by atoms with van der Waals surface area (Å²) in [6.07, 6.45) is 4.16. The summed E-state index contributed by atoms with van der Waals surface area (Å²) in [6, 6.07) is 0.465. The molecule has 96 valence electrons. The second kappa shape index (κ2) is 6.38. The van der Waals surface area contributed by atoms with Gasteiger partial charge >= 0.3 is 0 Å². The summed E-state index contributed by atoms with van der Waals surface area (Å²) in [7, 11) is 2.03. The first-order valence-corrected chi connectivity index (χ1v) is 5.99. The minimum atomic E-state index is 0. The summed E-state index contributed by atoms with van der Waals surface area (Å²) < 4.78 is 0. The Hall–Kier alpha value is -0.580. The van der Waals surface area contributed by atoms with Crippen LogP contribution in [0.1, 0.15) is 18.4 Å². The molecule has 0 spiro atoms. The largest absolute Gasteiger partial charge is 0.340 e. The average Bonchev–Trinajstić information content (AvgIpc) is 2.33. The molecule has 1 aromatic heterocycles. The fourth-order valence-electron chi connectivity index (χ4n) is 1.91. The van der Waals surface area contributed by atoms with Gasteiger partial charge in [-0.2, -0.15) is 0 Å². The lowest BCUT2D eigenvalue weighted by atomic mass is 10.1. The monoisotopic (exact) mass is 276 g/mol. The Morgan fingerprint density at radius 3 is 2.88 bits per heavy atom. The van der Waals surface area contributed by atoms with Crippen LogP contribution in [-0.4, -0.2) is 36.1 Å². The van der Waals surface area contributed by atoms with Crippen molar-refractivity contribution in [2.24, 2.45) is 0 Å². The van der Waals surface area contributed by atoms with E-state index in [0.717, 1.165) is 18.7 Å². The van der Waals surface area contributed by atoms with Gasteiger partial charge in [0.05, 0.1) is 0 Å². The number of piperidine rings is 1. The summed E-state index contributed by atoms with van der Waals surface area (Å²) in [4.78, 5) is 10.7. The van der Waals surface area contributed by atoms with Crippen molar-refractivity contribution in [1.29, 1.82) is 0 Å². The predicted octanol–water partition coefficient (Wildman–Crippen LogP) is 2.05. The van der Waals surface area contributed by atoms with Crippen LogP contribution in [0.25, 0.3) is 0 Å². The maximum atomic E-state index is 6.00. The van der Waals surface area contributed by atoms with Crippen molar-refractivity contribution in [2.75, 3.05) is 25.0 Å². The highest BCUT2D eigenvalue weighted by Crippen LogP contribution is 2.18. The number of nitrogens with zero attached hydrogens (tertiary/aromatic N) is 3. The molecule has 1 atom stereocenters. The van der Waals surface area contributed by atoms with Gasteiger partial charge in [-0.3, -0.25) is 0 Å². The third kappa shape index (κ3) is 3.44. The van der Waals surface area contributed by atoms with Crippen molar-refractivity contribution in [2.45, 2.75) is 25.8 Å². The Balaban J connectivity index is 0.00000144. The van der Waals surface area contributed by atoms with Gasteiger partial charge in [-0.05, 0) is 26.3 Å². The number of halogens is 2. The summed E-state index contributed by atoms with van der Waals surface area (Å²) in [5.74, 6) is 0.712. The van der Waals surface area contributed by atoms with E-state index in [2.05, 4.69) is 20.2 Å². The summed E-state index contributed by atoms with van der Waals surface area (Å²) in [5, 5.41) is 3.92. The highest BCUT2D eigenvalue weighted by Gasteiger charge is 2.20. The molecule has 0 unspecified atom stereocenters. The minimum Gasteiger partial charge on any atom is -0.340 e. The second-order valence-electron chi connectivity index (χ2n) is 4.25. The summed E-state index contributed by atoms with van der Waals surface area (Å²) in [5.41, 5.74) is 0.917. The van der Waals surface area contributed by atoms with Crippen molar-refractivity contribution in [3.63, 3.8) is 0 Å². The number of hydrogen-bond donors (Lipinski definition) is 1. The predicted molar refractivity (Wildman–Crippen MR) is 73.3 cm³/mol. The Labute approximate surface area is 113 Å². The van der Waals surface area contributed by atoms with E-state index in [-0.39, 0.29) is 12.4 Å². The van der Waals surface area contributed by atoms with E-state index < -0.39 is 0 Å². The molecule has 0 aromatic carbocycles. The first-order valence-electron chi connectivity index (χ1n) is 5.61. The number of likely N-dealkylation sites (N-methyl/N-ethyl adjacent to an activating group) is 1. The van der Waals surface area contributed by atoms with Crippen LogP contribution in [0.5, 0.6) is 0 Å². The van der Waals surface area contributed by atoms with Crippen LogP contribution in [0.2, 0.25) is 5.15 Å². The molecular weight excluding hydrogens is 259 g/mol. The smallest absolute Gasteiger partial charge is 0.226 e. The minimum absolute atomic E-state index is 0. The quantitative estimate of drug-likeness (QED) is 0.840. The lowest BCUT2D eigenvalue weighted by Crippen LogP contribution is -2.44. The van der Waals surface area contributed by atoms with E-state index in [4.69, 9.17) is 11.6 Å².